The Hall–Kier alpha value is -4.82. The maximum atomic E-state index is 13.3. The van der Waals surface area contributed by atoms with Gasteiger partial charge in [-0.1, -0.05) is 48.5 Å². The number of carbonyl (C=O) groups excluding carboxylic acids is 3. The molecule has 0 atom stereocenters. The molecule has 202 valence electrons. The molecule has 0 unspecified atom stereocenters. The van der Waals surface area contributed by atoms with Gasteiger partial charge < -0.3 is 20.7 Å². The van der Waals surface area contributed by atoms with Crippen LogP contribution in [0.3, 0.4) is 0 Å². The fourth-order valence-corrected chi connectivity index (χ4v) is 4.42. The van der Waals surface area contributed by atoms with Crippen molar-refractivity contribution in [3.8, 4) is 5.75 Å². The molecule has 7 nitrogen and oxygen atoms in total. The molecule has 3 N–H and O–H groups in total. The number of amides is 3. The number of hydrogen-bond acceptors (Lipinski definition) is 5. The van der Waals surface area contributed by atoms with Gasteiger partial charge in [0.2, 0.25) is 5.91 Å². The van der Waals surface area contributed by atoms with E-state index < -0.39 is 5.91 Å². The van der Waals surface area contributed by atoms with Gasteiger partial charge in [0, 0.05) is 27.9 Å². The van der Waals surface area contributed by atoms with E-state index in [-0.39, 0.29) is 23.3 Å². The summed E-state index contributed by atoms with van der Waals surface area (Å²) in [4.78, 5) is 39.3. The van der Waals surface area contributed by atoms with E-state index in [1.165, 1.54) is 11.8 Å². The first-order valence-electron chi connectivity index (χ1n) is 12.5. The number of hydrogen-bond donors (Lipinski definition) is 3. The number of benzene rings is 4. The Balaban J connectivity index is 1.40. The van der Waals surface area contributed by atoms with Crippen molar-refractivity contribution in [3.05, 3.63) is 126 Å². The van der Waals surface area contributed by atoms with E-state index in [1.54, 1.807) is 61.7 Å². The average molecular weight is 552 g/mol. The quantitative estimate of drug-likeness (QED) is 0.162. The van der Waals surface area contributed by atoms with E-state index in [4.69, 9.17) is 4.74 Å². The van der Waals surface area contributed by atoms with Gasteiger partial charge in [0.05, 0.1) is 12.9 Å². The highest BCUT2D eigenvalue weighted by Crippen LogP contribution is 2.22. The molecule has 0 saturated heterocycles. The highest BCUT2D eigenvalue weighted by Gasteiger charge is 2.15. The van der Waals surface area contributed by atoms with E-state index in [0.29, 0.717) is 22.7 Å². The summed E-state index contributed by atoms with van der Waals surface area (Å²) in [6.07, 6.45) is 1.66. The smallest absolute Gasteiger partial charge is 0.272 e. The van der Waals surface area contributed by atoms with Gasteiger partial charge in [0.1, 0.15) is 11.4 Å². The zero-order chi connectivity index (χ0) is 28.3. The minimum Gasteiger partial charge on any atom is -0.497 e. The highest BCUT2D eigenvalue weighted by molar-refractivity contribution is 8.00. The maximum Gasteiger partial charge on any atom is 0.272 e. The van der Waals surface area contributed by atoms with Crippen LogP contribution in [0.5, 0.6) is 5.75 Å². The summed E-state index contributed by atoms with van der Waals surface area (Å²) in [7, 11) is 1.57. The van der Waals surface area contributed by atoms with Crippen LogP contribution in [0.2, 0.25) is 0 Å². The van der Waals surface area contributed by atoms with Crippen LogP contribution in [0, 0.1) is 6.92 Å². The molecule has 4 rings (SSSR count). The van der Waals surface area contributed by atoms with Crippen molar-refractivity contribution in [2.75, 3.05) is 23.5 Å². The predicted octanol–water partition coefficient (Wildman–Crippen LogP) is 6.14. The largest absolute Gasteiger partial charge is 0.497 e. The third-order valence-electron chi connectivity index (χ3n) is 5.85. The highest BCUT2D eigenvalue weighted by atomic mass is 32.2. The number of nitrogens with one attached hydrogen (secondary N) is 3. The summed E-state index contributed by atoms with van der Waals surface area (Å²) >= 11 is 1.38. The Morgan fingerprint density at radius 1 is 0.800 bits per heavy atom. The molecule has 0 aliphatic heterocycles. The van der Waals surface area contributed by atoms with Crippen LogP contribution in [-0.4, -0.2) is 30.6 Å². The Morgan fingerprint density at radius 3 is 2.25 bits per heavy atom. The minimum absolute atomic E-state index is 0.121. The van der Waals surface area contributed by atoms with Crippen LogP contribution in [0.15, 0.2) is 114 Å². The number of thioether (sulfide) groups is 1. The second-order valence-electron chi connectivity index (χ2n) is 8.78. The van der Waals surface area contributed by atoms with Crippen molar-refractivity contribution in [1.29, 1.82) is 0 Å². The summed E-state index contributed by atoms with van der Waals surface area (Å²) in [5.74, 6) is -0.0897. The van der Waals surface area contributed by atoms with Crippen molar-refractivity contribution < 1.29 is 19.1 Å². The zero-order valence-corrected chi connectivity index (χ0v) is 23.0. The second kappa shape index (κ2) is 13.8. The molecule has 0 aromatic heterocycles. The van der Waals surface area contributed by atoms with E-state index >= 15 is 0 Å². The van der Waals surface area contributed by atoms with Gasteiger partial charge >= 0.3 is 0 Å². The van der Waals surface area contributed by atoms with Crippen molar-refractivity contribution in [2.24, 2.45) is 0 Å². The fourth-order valence-electron chi connectivity index (χ4n) is 3.73. The SMILES string of the molecule is COc1cccc(NC(=O)CSc2ccc(NC(=O)/C(=C/c3ccccc3C)NC(=O)c3ccccc3)cc2)c1. The minimum atomic E-state index is -0.453. The van der Waals surface area contributed by atoms with Gasteiger partial charge in [-0.05, 0) is 72.7 Å². The van der Waals surface area contributed by atoms with Crippen LogP contribution in [0.25, 0.3) is 6.08 Å². The first-order valence-corrected chi connectivity index (χ1v) is 13.5. The number of rotatable bonds is 10. The van der Waals surface area contributed by atoms with Crippen molar-refractivity contribution in [1.82, 2.24) is 5.32 Å². The summed E-state index contributed by atoms with van der Waals surface area (Å²) in [6, 6.07) is 30.7. The molecule has 0 aliphatic carbocycles. The molecular weight excluding hydrogens is 522 g/mol. The standard InChI is InChI=1S/C32H29N3O4S/c1-22-9-6-7-12-24(22)19-29(35-31(37)23-10-4-3-5-11-23)32(38)34-25-15-17-28(18-16-25)40-21-30(36)33-26-13-8-14-27(20-26)39-2/h3-20H,21H2,1-2H3,(H,33,36)(H,34,38)(H,35,37)/b29-19-. The molecular formula is C32H29N3O4S. The molecule has 0 heterocycles. The van der Waals surface area contributed by atoms with Crippen molar-refractivity contribution in [3.63, 3.8) is 0 Å². The summed E-state index contributed by atoms with van der Waals surface area (Å²) in [5, 5.41) is 8.46. The molecule has 0 bridgehead atoms. The lowest BCUT2D eigenvalue weighted by molar-refractivity contribution is -0.114. The van der Waals surface area contributed by atoms with Gasteiger partial charge in [0.25, 0.3) is 11.8 Å². The van der Waals surface area contributed by atoms with Crippen LogP contribution in [0.4, 0.5) is 11.4 Å². The van der Waals surface area contributed by atoms with Crippen LogP contribution in [-0.2, 0) is 9.59 Å². The van der Waals surface area contributed by atoms with Crippen LogP contribution < -0.4 is 20.7 Å². The number of aryl methyl sites for hydroxylation is 1. The van der Waals surface area contributed by atoms with Crippen molar-refractivity contribution >= 4 is 46.9 Å². The maximum absolute atomic E-state index is 13.3. The van der Waals surface area contributed by atoms with Gasteiger partial charge in [-0.2, -0.15) is 0 Å². The summed E-state index contributed by atoms with van der Waals surface area (Å²) < 4.78 is 5.18. The van der Waals surface area contributed by atoms with Gasteiger partial charge in [-0.25, -0.2) is 0 Å². The first-order chi connectivity index (χ1) is 19.4. The lowest BCUT2D eigenvalue weighted by atomic mass is 10.1. The number of ether oxygens (including phenoxy) is 1. The fraction of sp³-hybridized carbons (Fsp3) is 0.0938. The molecule has 0 fully saturated rings. The Morgan fingerprint density at radius 2 is 1.52 bits per heavy atom. The van der Waals surface area contributed by atoms with E-state index in [2.05, 4.69) is 16.0 Å². The lowest BCUT2D eigenvalue weighted by Gasteiger charge is -2.12. The molecule has 0 aliphatic rings. The normalized spacial score (nSPS) is 10.9. The molecule has 4 aromatic rings. The number of anilines is 2. The summed E-state index contributed by atoms with van der Waals surface area (Å²) in [5.41, 5.74) is 3.58. The number of methoxy groups -OCH3 is 1. The topological polar surface area (TPSA) is 96.5 Å². The molecule has 0 spiro atoms. The van der Waals surface area contributed by atoms with Crippen molar-refractivity contribution in [2.45, 2.75) is 11.8 Å². The van der Waals surface area contributed by atoms with E-state index in [0.717, 1.165) is 16.0 Å². The first kappa shape index (κ1) is 28.2. The molecule has 0 saturated carbocycles. The Bertz CT molecular complexity index is 1520. The van der Waals surface area contributed by atoms with Gasteiger partial charge in [-0.3, -0.25) is 14.4 Å². The van der Waals surface area contributed by atoms with Gasteiger partial charge in [-0.15, -0.1) is 11.8 Å². The third-order valence-corrected chi connectivity index (χ3v) is 6.86. The summed E-state index contributed by atoms with van der Waals surface area (Å²) in [6.45, 7) is 1.94. The zero-order valence-electron chi connectivity index (χ0n) is 22.1. The van der Waals surface area contributed by atoms with Gasteiger partial charge in [0.15, 0.2) is 0 Å². The molecule has 40 heavy (non-hydrogen) atoms. The molecule has 3 amide bonds. The lowest BCUT2D eigenvalue weighted by Crippen LogP contribution is -2.30. The van der Waals surface area contributed by atoms with E-state index in [1.807, 2.05) is 61.5 Å². The average Bonchev–Trinajstić information content (AvgIpc) is 2.98. The van der Waals surface area contributed by atoms with Crippen LogP contribution in [0.1, 0.15) is 21.5 Å². The number of carbonyl (C=O) groups is 3. The second-order valence-corrected chi connectivity index (χ2v) is 9.83. The monoisotopic (exact) mass is 551 g/mol. The molecule has 8 heteroatoms. The third kappa shape index (κ3) is 8.09. The van der Waals surface area contributed by atoms with E-state index in [9.17, 15) is 14.4 Å². The molecule has 4 aromatic carbocycles. The predicted molar refractivity (Wildman–Crippen MR) is 160 cm³/mol. The van der Waals surface area contributed by atoms with Crippen LogP contribution >= 0.6 is 11.8 Å². The molecule has 0 radical (unpaired) electrons. The Kier molecular flexibility index (Phi) is 9.74. The Labute approximate surface area is 237 Å².